The molecular weight excluding hydrogens is 460 g/mol. The van der Waals surface area contributed by atoms with Crippen LogP contribution in [0.3, 0.4) is 0 Å². The summed E-state index contributed by atoms with van der Waals surface area (Å²) in [5, 5.41) is 0. The summed E-state index contributed by atoms with van der Waals surface area (Å²) in [6.45, 7) is 5.76. The van der Waals surface area contributed by atoms with Gasteiger partial charge in [0.2, 0.25) is 0 Å². The van der Waals surface area contributed by atoms with Crippen LogP contribution in [0, 0.1) is 11.8 Å². The lowest BCUT2D eigenvalue weighted by atomic mass is 9.92. The van der Waals surface area contributed by atoms with Gasteiger partial charge in [-0.25, -0.2) is 13.2 Å². The second kappa shape index (κ2) is 9.92. The van der Waals surface area contributed by atoms with Gasteiger partial charge in [0, 0.05) is 19.2 Å². The fourth-order valence-electron chi connectivity index (χ4n) is 4.31. The first kappa shape index (κ1) is 23.9. The summed E-state index contributed by atoms with van der Waals surface area (Å²) in [7, 11) is -4.03. The van der Waals surface area contributed by atoms with Gasteiger partial charge in [-0.15, -0.1) is 0 Å². The number of sulfonamides is 1. The average molecular weight is 489 g/mol. The second-order valence-electron chi connectivity index (χ2n) is 8.78. The van der Waals surface area contributed by atoms with Crippen molar-refractivity contribution >= 4 is 27.6 Å². The Balaban J connectivity index is 1.45. The normalized spacial score (nSPS) is 19.9. The number of para-hydroxylation sites is 1. The van der Waals surface area contributed by atoms with Crippen molar-refractivity contribution < 1.29 is 32.2 Å². The topological polar surface area (TPSA) is 111 Å². The molecule has 9 nitrogen and oxygen atoms in total. The molecule has 2 heterocycles. The zero-order valence-corrected chi connectivity index (χ0v) is 20.0. The van der Waals surface area contributed by atoms with E-state index in [-0.39, 0.29) is 22.1 Å². The van der Waals surface area contributed by atoms with Crippen molar-refractivity contribution in [1.29, 1.82) is 0 Å². The van der Waals surface area contributed by atoms with Crippen molar-refractivity contribution in [1.82, 2.24) is 4.90 Å². The van der Waals surface area contributed by atoms with Crippen LogP contribution in [0.1, 0.15) is 30.6 Å². The third-order valence-corrected chi connectivity index (χ3v) is 7.13. The summed E-state index contributed by atoms with van der Waals surface area (Å²) in [5.74, 6) is 0.532. The fourth-order valence-corrected chi connectivity index (χ4v) is 5.40. The highest BCUT2D eigenvalue weighted by molar-refractivity contribution is 7.92. The highest BCUT2D eigenvalue weighted by Crippen LogP contribution is 2.33. The van der Waals surface area contributed by atoms with Crippen molar-refractivity contribution in [3.05, 3.63) is 48.0 Å². The molecule has 0 bridgehead atoms. The number of fused-ring (bicyclic) bond motifs is 1. The zero-order valence-electron chi connectivity index (χ0n) is 19.2. The van der Waals surface area contributed by atoms with Crippen LogP contribution in [-0.2, 0) is 19.6 Å². The first-order valence-corrected chi connectivity index (χ1v) is 12.7. The largest absolute Gasteiger partial charge is 0.486 e. The van der Waals surface area contributed by atoms with E-state index < -0.39 is 22.6 Å². The molecule has 4 rings (SSSR count). The molecule has 1 saturated heterocycles. The Hall–Kier alpha value is -3.27. The van der Waals surface area contributed by atoms with Crippen LogP contribution in [0.4, 0.5) is 5.69 Å². The smallest absolute Gasteiger partial charge is 0.340 e. The molecule has 1 N–H and O–H groups in total. The van der Waals surface area contributed by atoms with Crippen LogP contribution in [0.15, 0.2) is 47.4 Å². The molecular formula is C24H28N2O7S. The number of benzene rings is 2. The quantitative estimate of drug-likeness (QED) is 0.623. The van der Waals surface area contributed by atoms with E-state index in [4.69, 9.17) is 14.2 Å². The molecule has 2 aromatic carbocycles. The number of amides is 1. The minimum atomic E-state index is -4.03. The van der Waals surface area contributed by atoms with Gasteiger partial charge in [0.1, 0.15) is 13.2 Å². The molecule has 2 aliphatic heterocycles. The minimum Gasteiger partial charge on any atom is -0.486 e. The molecule has 2 aromatic rings. The number of anilines is 1. The molecule has 2 atom stereocenters. The Morgan fingerprint density at radius 3 is 2.44 bits per heavy atom. The van der Waals surface area contributed by atoms with Crippen molar-refractivity contribution in [3.8, 4) is 11.5 Å². The number of nitrogens with zero attached hydrogens (tertiary/aromatic N) is 1. The standard InChI is InChI=1S/C24H28N2O7S/c1-16-11-17(2)14-26(13-16)23(27)15-33-24(28)19-5-3-4-6-20(19)25-34(29,30)18-7-8-21-22(12-18)32-10-9-31-21/h3-8,12,16-17,25H,9-11,13-15H2,1-2H3/t16-,17+. The number of carbonyl (C=O) groups excluding carboxylic acids is 2. The average Bonchev–Trinajstić information content (AvgIpc) is 2.81. The maximum Gasteiger partial charge on any atom is 0.340 e. The molecule has 1 fully saturated rings. The van der Waals surface area contributed by atoms with E-state index in [0.29, 0.717) is 49.6 Å². The van der Waals surface area contributed by atoms with E-state index in [2.05, 4.69) is 18.6 Å². The molecule has 1 amide bonds. The van der Waals surface area contributed by atoms with E-state index in [1.807, 2.05) is 0 Å². The number of hydrogen-bond acceptors (Lipinski definition) is 7. The number of esters is 1. The lowest BCUT2D eigenvalue weighted by Gasteiger charge is -2.34. The number of piperidine rings is 1. The molecule has 0 unspecified atom stereocenters. The van der Waals surface area contributed by atoms with E-state index in [0.717, 1.165) is 6.42 Å². The SMILES string of the molecule is C[C@@H]1C[C@H](C)CN(C(=O)COC(=O)c2ccccc2NS(=O)(=O)c2ccc3c(c2)OCCO3)C1. The predicted octanol–water partition coefficient (Wildman–Crippen LogP) is 2.92. The van der Waals surface area contributed by atoms with Gasteiger partial charge in [-0.1, -0.05) is 26.0 Å². The fraction of sp³-hybridized carbons (Fsp3) is 0.417. The molecule has 182 valence electrons. The molecule has 0 aromatic heterocycles. The van der Waals surface area contributed by atoms with Crippen LogP contribution in [-0.4, -0.2) is 58.1 Å². The Morgan fingerprint density at radius 2 is 1.71 bits per heavy atom. The van der Waals surface area contributed by atoms with Crippen molar-refractivity contribution in [2.45, 2.75) is 25.2 Å². The van der Waals surface area contributed by atoms with Crippen molar-refractivity contribution in [2.75, 3.05) is 37.6 Å². The van der Waals surface area contributed by atoms with Gasteiger partial charge in [-0.3, -0.25) is 9.52 Å². The van der Waals surface area contributed by atoms with Crippen molar-refractivity contribution in [3.63, 3.8) is 0 Å². The van der Waals surface area contributed by atoms with Gasteiger partial charge in [-0.2, -0.15) is 0 Å². The lowest BCUT2D eigenvalue weighted by molar-refractivity contribution is -0.137. The number of carbonyl (C=O) groups is 2. The molecule has 0 radical (unpaired) electrons. The summed E-state index contributed by atoms with van der Waals surface area (Å²) in [4.78, 5) is 27.0. The number of hydrogen-bond donors (Lipinski definition) is 1. The lowest BCUT2D eigenvalue weighted by Crippen LogP contribution is -2.44. The summed E-state index contributed by atoms with van der Waals surface area (Å²) in [6, 6.07) is 10.4. The van der Waals surface area contributed by atoms with Crippen LogP contribution in [0.2, 0.25) is 0 Å². The second-order valence-corrected chi connectivity index (χ2v) is 10.5. The number of rotatable bonds is 6. The minimum absolute atomic E-state index is 0.0109. The van der Waals surface area contributed by atoms with Gasteiger partial charge in [0.05, 0.1) is 16.1 Å². The van der Waals surface area contributed by atoms with Gasteiger partial charge in [0.25, 0.3) is 15.9 Å². The Kier molecular flexibility index (Phi) is 6.97. The molecule has 2 aliphatic rings. The van der Waals surface area contributed by atoms with E-state index in [1.165, 1.54) is 30.3 Å². The molecule has 0 aliphatic carbocycles. The summed E-state index contributed by atoms with van der Waals surface area (Å²) in [5.41, 5.74) is 0.0619. The van der Waals surface area contributed by atoms with E-state index in [1.54, 1.807) is 17.0 Å². The summed E-state index contributed by atoms with van der Waals surface area (Å²) in [6.07, 6.45) is 1.06. The van der Waals surface area contributed by atoms with Crippen LogP contribution < -0.4 is 14.2 Å². The first-order valence-electron chi connectivity index (χ1n) is 11.2. The van der Waals surface area contributed by atoms with E-state index in [9.17, 15) is 18.0 Å². The zero-order chi connectivity index (χ0) is 24.3. The van der Waals surface area contributed by atoms with E-state index >= 15 is 0 Å². The third kappa shape index (κ3) is 5.44. The van der Waals surface area contributed by atoms with Crippen LogP contribution in [0.5, 0.6) is 11.5 Å². The molecule has 34 heavy (non-hydrogen) atoms. The number of likely N-dealkylation sites (tertiary alicyclic amines) is 1. The molecule has 0 saturated carbocycles. The first-order chi connectivity index (χ1) is 16.2. The predicted molar refractivity (Wildman–Crippen MR) is 124 cm³/mol. The molecule has 0 spiro atoms. The maximum atomic E-state index is 13.0. The van der Waals surface area contributed by atoms with Gasteiger partial charge < -0.3 is 19.1 Å². The highest BCUT2D eigenvalue weighted by Gasteiger charge is 2.27. The number of ether oxygens (including phenoxy) is 3. The Labute approximate surface area is 199 Å². The number of nitrogens with one attached hydrogen (secondary N) is 1. The Bertz CT molecular complexity index is 1170. The van der Waals surface area contributed by atoms with Crippen LogP contribution in [0.25, 0.3) is 0 Å². The molecule has 10 heteroatoms. The Morgan fingerprint density at radius 1 is 1.03 bits per heavy atom. The van der Waals surface area contributed by atoms with Crippen molar-refractivity contribution in [2.24, 2.45) is 11.8 Å². The highest BCUT2D eigenvalue weighted by atomic mass is 32.2. The monoisotopic (exact) mass is 488 g/mol. The van der Waals surface area contributed by atoms with Crippen LogP contribution >= 0.6 is 0 Å². The van der Waals surface area contributed by atoms with Gasteiger partial charge >= 0.3 is 5.97 Å². The van der Waals surface area contributed by atoms with Gasteiger partial charge in [0.15, 0.2) is 18.1 Å². The van der Waals surface area contributed by atoms with Gasteiger partial charge in [-0.05, 0) is 42.5 Å². The third-order valence-electron chi connectivity index (χ3n) is 5.76. The summed E-state index contributed by atoms with van der Waals surface area (Å²) < 4.78 is 44.5. The maximum absolute atomic E-state index is 13.0. The summed E-state index contributed by atoms with van der Waals surface area (Å²) >= 11 is 0.